The molecule has 0 radical (unpaired) electrons. The lowest BCUT2D eigenvalue weighted by atomic mass is 9.80. The molecule has 2 heterocycles. The van der Waals surface area contributed by atoms with Gasteiger partial charge in [-0.2, -0.15) is 0 Å². The van der Waals surface area contributed by atoms with Crippen LogP contribution in [0, 0.1) is 12.8 Å². The molecule has 1 saturated heterocycles. The Balaban J connectivity index is 1.35. The molecule has 5 heteroatoms. The number of aryl methyl sites for hydroxylation is 2. The maximum absolute atomic E-state index is 13.9. The van der Waals surface area contributed by atoms with E-state index < -0.39 is 0 Å². The molecule has 2 fully saturated rings. The van der Waals surface area contributed by atoms with Crippen molar-refractivity contribution in [1.29, 1.82) is 0 Å². The van der Waals surface area contributed by atoms with Crippen LogP contribution >= 0.6 is 11.6 Å². The number of para-hydroxylation sites is 1. The number of piperazine rings is 1. The van der Waals surface area contributed by atoms with Crippen LogP contribution in [0.1, 0.15) is 49.7 Å². The molecular weight excluding hydrogens is 430 g/mol. The van der Waals surface area contributed by atoms with Crippen molar-refractivity contribution in [3.63, 3.8) is 0 Å². The van der Waals surface area contributed by atoms with Gasteiger partial charge >= 0.3 is 0 Å². The summed E-state index contributed by atoms with van der Waals surface area (Å²) in [6, 6.07) is 14.9. The van der Waals surface area contributed by atoms with E-state index in [1.807, 2.05) is 6.07 Å². The number of hydrogen-bond donors (Lipinski definition) is 1. The quantitative estimate of drug-likeness (QED) is 0.613. The minimum Gasteiger partial charge on any atom is -0.380 e. The third kappa shape index (κ3) is 4.93. The van der Waals surface area contributed by atoms with E-state index in [0.29, 0.717) is 5.78 Å². The third-order valence-corrected chi connectivity index (χ3v) is 8.22. The summed E-state index contributed by atoms with van der Waals surface area (Å²) < 4.78 is 0. The zero-order chi connectivity index (χ0) is 22.8. The zero-order valence-corrected chi connectivity index (χ0v) is 20.5. The number of nitrogens with one attached hydrogen (secondary N) is 1. The number of nitrogens with zero attached hydrogens (tertiary/aromatic N) is 2. The summed E-state index contributed by atoms with van der Waals surface area (Å²) in [4.78, 5) is 18.9. The first kappa shape index (κ1) is 22.7. The highest BCUT2D eigenvalue weighted by molar-refractivity contribution is 6.30. The Hall–Kier alpha value is -2.04. The standard InChI is InChI=1S/C28H36ClN3O/c1-20-11-13-23(29)19-26(20)31-15-17-32(18-16-31)27(28(33)22-8-3-2-4-9-22)25-14-12-21-7-5-6-10-24(21)30-25/h5-7,10-11,13,19,22,25,27,30H,2-4,8-9,12,14-18H2,1H3. The Labute approximate surface area is 203 Å². The molecule has 2 aliphatic heterocycles. The molecule has 4 nitrogen and oxygen atoms in total. The highest BCUT2D eigenvalue weighted by Crippen LogP contribution is 2.33. The van der Waals surface area contributed by atoms with Gasteiger partial charge in [0.25, 0.3) is 0 Å². The molecule has 0 spiro atoms. The van der Waals surface area contributed by atoms with Crippen molar-refractivity contribution in [3.05, 3.63) is 58.6 Å². The SMILES string of the molecule is Cc1ccc(Cl)cc1N1CCN(C(C(=O)C2CCCCC2)C2CCc3ccccc3N2)CC1. The van der Waals surface area contributed by atoms with Gasteiger partial charge in [0, 0.05) is 54.5 Å². The predicted molar refractivity (Wildman–Crippen MR) is 138 cm³/mol. The lowest BCUT2D eigenvalue weighted by Crippen LogP contribution is -2.60. The highest BCUT2D eigenvalue weighted by Gasteiger charge is 2.40. The Kier molecular flexibility index (Phi) is 6.94. The van der Waals surface area contributed by atoms with Gasteiger partial charge in [-0.05, 0) is 61.9 Å². The molecule has 5 rings (SSSR count). The second-order valence-electron chi connectivity index (χ2n) is 10.1. The second kappa shape index (κ2) is 10.1. The summed E-state index contributed by atoms with van der Waals surface area (Å²) in [6.07, 6.45) is 7.89. The molecule has 2 aromatic carbocycles. The van der Waals surface area contributed by atoms with Crippen molar-refractivity contribution >= 4 is 28.8 Å². The van der Waals surface area contributed by atoms with Crippen LogP contribution in [-0.2, 0) is 11.2 Å². The maximum atomic E-state index is 13.9. The van der Waals surface area contributed by atoms with Gasteiger partial charge in [0.2, 0.25) is 0 Å². The van der Waals surface area contributed by atoms with Crippen LogP contribution in [0.25, 0.3) is 0 Å². The molecule has 0 bridgehead atoms. The van der Waals surface area contributed by atoms with Crippen LogP contribution < -0.4 is 10.2 Å². The van der Waals surface area contributed by atoms with Crippen LogP contribution in [-0.4, -0.2) is 48.9 Å². The molecule has 176 valence electrons. The number of ketones is 1. The Morgan fingerprint density at radius 1 is 1.00 bits per heavy atom. The Morgan fingerprint density at radius 3 is 2.55 bits per heavy atom. The summed E-state index contributed by atoms with van der Waals surface area (Å²) in [7, 11) is 0. The van der Waals surface area contributed by atoms with Crippen molar-refractivity contribution in [1.82, 2.24) is 4.90 Å². The van der Waals surface area contributed by atoms with Crippen LogP contribution in [0.5, 0.6) is 0 Å². The van der Waals surface area contributed by atoms with Crippen molar-refractivity contribution < 1.29 is 4.79 Å². The molecule has 3 aliphatic rings. The fourth-order valence-corrected chi connectivity index (χ4v) is 6.29. The lowest BCUT2D eigenvalue weighted by Gasteiger charge is -2.45. The van der Waals surface area contributed by atoms with E-state index in [4.69, 9.17) is 11.6 Å². The van der Waals surface area contributed by atoms with Crippen molar-refractivity contribution in [2.75, 3.05) is 36.4 Å². The van der Waals surface area contributed by atoms with Crippen LogP contribution in [0.3, 0.4) is 0 Å². The van der Waals surface area contributed by atoms with Gasteiger partial charge in [-0.25, -0.2) is 0 Å². The topological polar surface area (TPSA) is 35.6 Å². The fourth-order valence-electron chi connectivity index (χ4n) is 6.12. The number of hydrogen-bond acceptors (Lipinski definition) is 4. The van der Waals surface area contributed by atoms with E-state index in [1.54, 1.807) is 0 Å². The largest absolute Gasteiger partial charge is 0.380 e. The van der Waals surface area contributed by atoms with Crippen LogP contribution in [0.4, 0.5) is 11.4 Å². The van der Waals surface area contributed by atoms with E-state index in [0.717, 1.165) is 56.9 Å². The molecule has 0 aromatic heterocycles. The number of benzene rings is 2. The first-order valence-electron chi connectivity index (χ1n) is 12.7. The van der Waals surface area contributed by atoms with Gasteiger partial charge in [0.15, 0.2) is 5.78 Å². The van der Waals surface area contributed by atoms with Crippen molar-refractivity contribution in [2.45, 2.75) is 64.0 Å². The van der Waals surface area contributed by atoms with E-state index in [1.165, 1.54) is 41.8 Å². The zero-order valence-electron chi connectivity index (χ0n) is 19.7. The Bertz CT molecular complexity index is 979. The van der Waals surface area contributed by atoms with Crippen LogP contribution in [0.2, 0.25) is 5.02 Å². The molecule has 33 heavy (non-hydrogen) atoms. The predicted octanol–water partition coefficient (Wildman–Crippen LogP) is 5.72. The summed E-state index contributed by atoms with van der Waals surface area (Å²) in [6.45, 7) is 5.83. The fraction of sp³-hybridized carbons (Fsp3) is 0.536. The normalized spacial score (nSPS) is 23.0. The molecule has 2 unspecified atom stereocenters. The highest BCUT2D eigenvalue weighted by atomic mass is 35.5. The molecule has 2 aromatic rings. The lowest BCUT2D eigenvalue weighted by molar-refractivity contribution is -0.130. The summed E-state index contributed by atoms with van der Waals surface area (Å²) in [5.41, 5.74) is 5.07. The number of anilines is 2. The summed E-state index contributed by atoms with van der Waals surface area (Å²) >= 11 is 6.30. The number of Topliss-reactive ketones (excluding diaryl/α,β-unsaturated/α-hetero) is 1. The average molecular weight is 466 g/mol. The molecule has 0 amide bonds. The minimum atomic E-state index is -0.0379. The van der Waals surface area contributed by atoms with E-state index in [-0.39, 0.29) is 18.0 Å². The van der Waals surface area contributed by atoms with E-state index in [2.05, 4.69) is 58.4 Å². The van der Waals surface area contributed by atoms with Gasteiger partial charge in [0.05, 0.1) is 6.04 Å². The van der Waals surface area contributed by atoms with Gasteiger partial charge in [0.1, 0.15) is 0 Å². The first-order chi connectivity index (χ1) is 16.1. The van der Waals surface area contributed by atoms with E-state index in [9.17, 15) is 4.79 Å². The number of carbonyl (C=O) groups excluding carboxylic acids is 1. The van der Waals surface area contributed by atoms with Gasteiger partial charge in [-0.1, -0.05) is 55.1 Å². The maximum Gasteiger partial charge on any atom is 0.155 e. The number of carbonyl (C=O) groups is 1. The van der Waals surface area contributed by atoms with E-state index >= 15 is 0 Å². The first-order valence-corrected chi connectivity index (χ1v) is 13.1. The second-order valence-corrected chi connectivity index (χ2v) is 10.5. The van der Waals surface area contributed by atoms with Gasteiger partial charge < -0.3 is 10.2 Å². The monoisotopic (exact) mass is 465 g/mol. The molecule has 1 N–H and O–H groups in total. The number of rotatable bonds is 5. The van der Waals surface area contributed by atoms with Crippen molar-refractivity contribution in [2.24, 2.45) is 5.92 Å². The summed E-state index contributed by atoms with van der Waals surface area (Å²) in [5.74, 6) is 0.717. The number of halogens is 1. The molecule has 2 atom stereocenters. The van der Waals surface area contributed by atoms with Gasteiger partial charge in [-0.15, -0.1) is 0 Å². The smallest absolute Gasteiger partial charge is 0.155 e. The number of fused-ring (bicyclic) bond motifs is 1. The minimum absolute atomic E-state index is 0.0379. The summed E-state index contributed by atoms with van der Waals surface area (Å²) in [5, 5.41) is 4.57. The van der Waals surface area contributed by atoms with Crippen molar-refractivity contribution in [3.8, 4) is 0 Å². The molecular formula is C28H36ClN3O. The molecule has 1 aliphatic carbocycles. The average Bonchev–Trinajstić information content (AvgIpc) is 2.86. The third-order valence-electron chi connectivity index (χ3n) is 7.98. The van der Waals surface area contributed by atoms with Crippen LogP contribution in [0.15, 0.2) is 42.5 Å². The van der Waals surface area contributed by atoms with Gasteiger partial charge in [-0.3, -0.25) is 9.69 Å². The Morgan fingerprint density at radius 2 is 1.76 bits per heavy atom. The molecule has 1 saturated carbocycles.